The number of hydrogen-bond acceptors (Lipinski definition) is 12. The topological polar surface area (TPSA) is 175 Å². The first-order chi connectivity index (χ1) is 18.2. The molecule has 12 atom stereocenters. The first-order valence-electron chi connectivity index (χ1n) is 12.9. The van der Waals surface area contributed by atoms with E-state index in [0.29, 0.717) is 0 Å². The monoisotopic (exact) mass is 544 g/mol. The Hall–Kier alpha value is -3.06. The number of ether oxygens (including phenoxy) is 5. The van der Waals surface area contributed by atoms with Crippen molar-refractivity contribution in [3.8, 4) is 0 Å². The van der Waals surface area contributed by atoms with E-state index in [2.05, 4.69) is 0 Å². The molecule has 0 radical (unpaired) electrons. The zero-order chi connectivity index (χ0) is 28.1. The molecule has 4 aliphatic heterocycles. The Morgan fingerprint density at radius 2 is 1.67 bits per heavy atom. The van der Waals surface area contributed by atoms with Gasteiger partial charge in [-0.05, 0) is 24.5 Å². The van der Waals surface area contributed by atoms with Gasteiger partial charge in [-0.3, -0.25) is 4.79 Å². The van der Waals surface area contributed by atoms with Gasteiger partial charge in [0.15, 0.2) is 23.9 Å². The molecule has 208 valence electrons. The van der Waals surface area contributed by atoms with Crippen molar-refractivity contribution in [3.05, 3.63) is 35.9 Å². The molecule has 4 heterocycles. The highest BCUT2D eigenvalue weighted by molar-refractivity contribution is 5.94. The quantitative estimate of drug-likeness (QED) is 0.321. The Balaban J connectivity index is 1.56. The predicted molar refractivity (Wildman–Crippen MR) is 123 cm³/mol. The maximum Gasteiger partial charge on any atom is 0.343 e. The lowest BCUT2D eigenvalue weighted by Crippen LogP contribution is -2.74. The second kappa shape index (κ2) is 6.98. The molecule has 5 unspecified atom stereocenters. The van der Waals surface area contributed by atoms with Crippen molar-refractivity contribution in [1.29, 1.82) is 0 Å². The molecule has 12 nitrogen and oxygen atoms in total. The minimum absolute atomic E-state index is 0.152. The molecular weight excluding hydrogens is 516 g/mol. The average molecular weight is 545 g/mol. The van der Waals surface area contributed by atoms with Crippen LogP contribution in [0.3, 0.4) is 0 Å². The first-order valence-corrected chi connectivity index (χ1v) is 12.9. The van der Waals surface area contributed by atoms with Crippen LogP contribution in [0, 0.1) is 28.1 Å². The zero-order valence-corrected chi connectivity index (χ0v) is 21.5. The molecule has 1 aromatic carbocycles. The van der Waals surface area contributed by atoms with Crippen molar-refractivity contribution in [2.45, 2.75) is 75.7 Å². The molecule has 6 fully saturated rings. The molecule has 2 bridgehead atoms. The second-order valence-corrected chi connectivity index (χ2v) is 12.5. The van der Waals surface area contributed by atoms with Crippen LogP contribution in [0.15, 0.2) is 30.3 Å². The minimum Gasteiger partial charge on any atom is -0.456 e. The average Bonchev–Trinajstić information content (AvgIpc) is 3.49. The van der Waals surface area contributed by atoms with Gasteiger partial charge >= 0.3 is 23.9 Å². The number of carbonyl (C=O) groups is 4. The molecule has 1 aromatic rings. The van der Waals surface area contributed by atoms with E-state index in [9.17, 15) is 34.5 Å². The lowest BCUT2D eigenvalue weighted by atomic mass is 9.50. The van der Waals surface area contributed by atoms with Gasteiger partial charge in [-0.15, -0.1) is 0 Å². The third-order valence-corrected chi connectivity index (χ3v) is 10.2. The molecule has 4 saturated heterocycles. The number of aliphatic hydroxyl groups is 3. The molecule has 3 N–H and O–H groups in total. The highest BCUT2D eigenvalue weighted by Crippen LogP contribution is 2.84. The fraction of sp³-hybridized carbons (Fsp3) is 0.630. The number of esters is 4. The van der Waals surface area contributed by atoms with Crippen molar-refractivity contribution >= 4 is 23.9 Å². The predicted octanol–water partition coefficient (Wildman–Crippen LogP) is -0.534. The van der Waals surface area contributed by atoms with Gasteiger partial charge < -0.3 is 39.0 Å². The summed E-state index contributed by atoms with van der Waals surface area (Å²) >= 11 is 0. The third-order valence-electron chi connectivity index (χ3n) is 10.2. The summed E-state index contributed by atoms with van der Waals surface area (Å²) in [5.74, 6) is -6.30. The van der Waals surface area contributed by atoms with E-state index >= 15 is 0 Å². The van der Waals surface area contributed by atoms with Gasteiger partial charge in [0.2, 0.25) is 11.9 Å². The van der Waals surface area contributed by atoms with Crippen molar-refractivity contribution in [1.82, 2.24) is 0 Å². The molecule has 2 spiro atoms. The van der Waals surface area contributed by atoms with E-state index in [1.165, 1.54) is 19.1 Å². The number of carbonyl (C=O) groups excluding carboxylic acids is 4. The van der Waals surface area contributed by atoms with Crippen molar-refractivity contribution in [2.24, 2.45) is 28.1 Å². The van der Waals surface area contributed by atoms with Gasteiger partial charge in [-0.1, -0.05) is 39.0 Å². The van der Waals surface area contributed by atoms with Gasteiger partial charge in [0.25, 0.3) is 0 Å². The first kappa shape index (κ1) is 24.9. The fourth-order valence-electron chi connectivity index (χ4n) is 9.12. The highest BCUT2D eigenvalue weighted by Gasteiger charge is 3.05. The summed E-state index contributed by atoms with van der Waals surface area (Å²) in [6.45, 7) is 6.65. The summed E-state index contributed by atoms with van der Waals surface area (Å²) in [5.41, 5.74) is -9.97. The number of aliphatic hydroxyl groups excluding tert-OH is 2. The van der Waals surface area contributed by atoms with Gasteiger partial charge in [-0.25, -0.2) is 14.4 Å². The van der Waals surface area contributed by atoms with Crippen LogP contribution in [0.25, 0.3) is 0 Å². The van der Waals surface area contributed by atoms with Crippen LogP contribution >= 0.6 is 0 Å². The molecule has 2 saturated carbocycles. The van der Waals surface area contributed by atoms with Gasteiger partial charge in [0.1, 0.15) is 12.2 Å². The van der Waals surface area contributed by atoms with E-state index in [-0.39, 0.29) is 5.56 Å². The summed E-state index contributed by atoms with van der Waals surface area (Å²) in [6, 6.07) is 7.96. The lowest BCUT2D eigenvalue weighted by Gasteiger charge is -2.51. The standard InChI is InChI=1S/C27H28O12/c1-10-18(30)37-17-14(28)25-16(36-19(31)11-8-6-5-7-9-11)12-13(23(2,3)4)24(25)15(29)20(32)38-22(24)39-27(25,21(33)35-12)26(10,17)34/h5-10,12-17,22,28-29,34H,1-4H3/t10-,12-,13+,14?,15?,16-,17?,22+,24?,25?,26-,27-/m1/s1. The number of hydrogen-bond donors (Lipinski definition) is 3. The normalized spacial score (nSPS) is 50.6. The smallest absolute Gasteiger partial charge is 0.343 e. The molecule has 2 aliphatic carbocycles. The summed E-state index contributed by atoms with van der Waals surface area (Å²) in [7, 11) is 0. The van der Waals surface area contributed by atoms with Crippen molar-refractivity contribution < 1.29 is 58.2 Å². The van der Waals surface area contributed by atoms with E-state index < -0.39 is 100.0 Å². The maximum atomic E-state index is 14.1. The molecule has 0 aromatic heterocycles. The van der Waals surface area contributed by atoms with Crippen LogP contribution in [0.4, 0.5) is 0 Å². The Morgan fingerprint density at radius 1 is 1.00 bits per heavy atom. The Morgan fingerprint density at radius 3 is 2.31 bits per heavy atom. The van der Waals surface area contributed by atoms with Crippen LogP contribution < -0.4 is 0 Å². The van der Waals surface area contributed by atoms with E-state index in [1.54, 1.807) is 39.0 Å². The van der Waals surface area contributed by atoms with Crippen LogP contribution in [-0.2, 0) is 38.1 Å². The zero-order valence-electron chi connectivity index (χ0n) is 21.5. The summed E-state index contributed by atoms with van der Waals surface area (Å²) in [4.78, 5) is 53.3. The van der Waals surface area contributed by atoms with Gasteiger partial charge in [0.05, 0.1) is 22.3 Å². The SMILES string of the molecule is C[C@@H]1C(=O)OC2C(O)C34[C@H](OC(=O)c5ccccc5)[C@@H]5OC(=O)[C@]3(O[C@@H]3OC(=O)C(O)C34[C@@H]5C(C)(C)C)[C@]21O. The maximum absolute atomic E-state index is 14.1. The molecule has 12 heteroatoms. The summed E-state index contributed by atoms with van der Waals surface area (Å²) in [6.07, 6.45) is -10.1. The molecule has 39 heavy (non-hydrogen) atoms. The fourth-order valence-corrected chi connectivity index (χ4v) is 9.12. The minimum atomic E-state index is -2.60. The van der Waals surface area contributed by atoms with Crippen molar-refractivity contribution in [2.75, 3.05) is 0 Å². The Bertz CT molecular complexity index is 1340. The summed E-state index contributed by atoms with van der Waals surface area (Å²) < 4.78 is 29.1. The van der Waals surface area contributed by atoms with Crippen LogP contribution in [0.5, 0.6) is 0 Å². The van der Waals surface area contributed by atoms with Crippen molar-refractivity contribution in [3.63, 3.8) is 0 Å². The number of rotatable bonds is 2. The number of fused-ring (bicyclic) bond motifs is 2. The molecule has 7 rings (SSSR count). The molecule has 0 amide bonds. The van der Waals surface area contributed by atoms with Gasteiger partial charge in [-0.2, -0.15) is 0 Å². The van der Waals surface area contributed by atoms with Gasteiger partial charge in [0, 0.05) is 5.92 Å². The Kier molecular flexibility index (Phi) is 4.46. The highest BCUT2D eigenvalue weighted by atomic mass is 16.8. The van der Waals surface area contributed by atoms with Crippen LogP contribution in [0.1, 0.15) is 38.1 Å². The van der Waals surface area contributed by atoms with Crippen LogP contribution in [-0.4, -0.2) is 87.2 Å². The lowest BCUT2D eigenvalue weighted by molar-refractivity contribution is -0.281. The third kappa shape index (κ3) is 2.21. The number of benzene rings is 1. The van der Waals surface area contributed by atoms with E-state index in [0.717, 1.165) is 0 Å². The largest absolute Gasteiger partial charge is 0.456 e. The molecular formula is C27H28O12. The Labute approximate surface area is 222 Å². The summed E-state index contributed by atoms with van der Waals surface area (Å²) in [5, 5.41) is 36.1. The molecule has 6 aliphatic rings. The van der Waals surface area contributed by atoms with E-state index in [1.807, 2.05) is 0 Å². The second-order valence-electron chi connectivity index (χ2n) is 12.5. The van der Waals surface area contributed by atoms with E-state index in [4.69, 9.17) is 23.7 Å². The van der Waals surface area contributed by atoms with Crippen LogP contribution in [0.2, 0.25) is 0 Å².